The number of aromatic amines is 2. The fourth-order valence-electron chi connectivity index (χ4n) is 4.33. The highest BCUT2D eigenvalue weighted by Crippen LogP contribution is 2.32. The van der Waals surface area contributed by atoms with Gasteiger partial charge in [0.1, 0.15) is 17.2 Å². The van der Waals surface area contributed by atoms with Crippen molar-refractivity contribution in [3.05, 3.63) is 66.1 Å². The van der Waals surface area contributed by atoms with Crippen LogP contribution in [0.5, 0.6) is 0 Å². The third-order valence-electron chi connectivity index (χ3n) is 6.32. The molecule has 11 nitrogen and oxygen atoms in total. The van der Waals surface area contributed by atoms with E-state index in [1.165, 1.54) is 12.1 Å². The molecule has 6 aromatic rings. The number of imidazole rings is 2. The maximum absolute atomic E-state index is 14.5. The molecule has 13 heteroatoms. The largest absolute Gasteiger partial charge is 0.335 e. The molecule has 3 N–H and O–H groups in total. The van der Waals surface area contributed by atoms with E-state index in [2.05, 4.69) is 29.9 Å². The summed E-state index contributed by atoms with van der Waals surface area (Å²) in [7, 11) is -1.50. The Morgan fingerprint density at radius 2 is 1.89 bits per heavy atom. The molecular formula is C25H22FN9O2S. The summed E-state index contributed by atoms with van der Waals surface area (Å²) < 4.78 is 41.8. The predicted molar refractivity (Wildman–Crippen MR) is 141 cm³/mol. The van der Waals surface area contributed by atoms with Crippen LogP contribution >= 0.6 is 0 Å². The fourth-order valence-corrected chi connectivity index (χ4v) is 4.75. The number of hydrogen-bond acceptors (Lipinski definition) is 7. The molecule has 38 heavy (non-hydrogen) atoms. The summed E-state index contributed by atoms with van der Waals surface area (Å²) in [5.74, 6) is 0.849. The molecule has 0 aliphatic heterocycles. The molecule has 0 spiro atoms. The van der Waals surface area contributed by atoms with Crippen molar-refractivity contribution in [3.63, 3.8) is 0 Å². The number of fused-ring (bicyclic) bond motifs is 2. The third-order valence-corrected chi connectivity index (χ3v) is 6.98. The Kier molecular flexibility index (Phi) is 5.54. The van der Waals surface area contributed by atoms with E-state index in [1.54, 1.807) is 24.7 Å². The fraction of sp³-hybridized carbons (Fsp3) is 0.160. The normalized spacial score (nSPS) is 12.1. The number of aryl methyl sites for hydroxylation is 1. The van der Waals surface area contributed by atoms with Gasteiger partial charge in [-0.15, -0.1) is 0 Å². The van der Waals surface area contributed by atoms with E-state index < -0.39 is 15.8 Å². The van der Waals surface area contributed by atoms with Gasteiger partial charge in [0, 0.05) is 25.4 Å². The molecule has 5 aromatic heterocycles. The van der Waals surface area contributed by atoms with Crippen molar-refractivity contribution in [1.29, 1.82) is 0 Å². The third kappa shape index (κ3) is 4.31. The molecule has 0 fully saturated rings. The topological polar surface area (TPSA) is 147 Å². The van der Waals surface area contributed by atoms with Crippen LogP contribution in [0, 0.1) is 12.7 Å². The first kappa shape index (κ1) is 23.9. The highest BCUT2D eigenvalue weighted by atomic mass is 32.2. The molecule has 0 aliphatic carbocycles. The number of H-pyrrole nitrogens is 2. The zero-order chi connectivity index (χ0) is 26.6. The first-order chi connectivity index (χ1) is 18.2. The van der Waals surface area contributed by atoms with Crippen LogP contribution in [0.2, 0.25) is 0 Å². The van der Waals surface area contributed by atoms with E-state index in [4.69, 9.17) is 9.97 Å². The highest BCUT2D eigenvalue weighted by Gasteiger charge is 2.18. The Bertz CT molecular complexity index is 1960. The Balaban J connectivity index is 1.44. The zero-order valence-electron chi connectivity index (χ0n) is 20.6. The van der Waals surface area contributed by atoms with Crippen LogP contribution in [-0.2, 0) is 23.6 Å². The second-order valence-corrected chi connectivity index (χ2v) is 10.9. The van der Waals surface area contributed by atoms with E-state index in [9.17, 15) is 12.8 Å². The van der Waals surface area contributed by atoms with Gasteiger partial charge in [-0.1, -0.05) is 0 Å². The van der Waals surface area contributed by atoms with Gasteiger partial charge in [0.05, 0.1) is 46.6 Å². The number of benzene rings is 1. The molecule has 1 aromatic carbocycles. The predicted octanol–water partition coefficient (Wildman–Crippen LogP) is 3.46. The Hall–Kier alpha value is -4.49. The van der Waals surface area contributed by atoms with Gasteiger partial charge in [-0.3, -0.25) is 10.1 Å². The van der Waals surface area contributed by atoms with Gasteiger partial charge >= 0.3 is 0 Å². The standard InChI is InChI=1S/C25H22FN9O2S/c1-13-28-12-21(35(13)2)18-4-5-19-23(30-18)24(34-33-19)25-31-20-11-27-10-17(22(20)32-25)15-6-14(7-16(26)8-15)9-29-38(3,36)37/h4-8,10-12,29H,9H2,1-3H3,(H,31,32)(H,33,34). The number of hydrogen-bond donors (Lipinski definition) is 3. The second-order valence-electron chi connectivity index (χ2n) is 9.02. The number of aromatic nitrogens is 8. The van der Waals surface area contributed by atoms with Crippen molar-refractivity contribution in [2.45, 2.75) is 13.5 Å². The molecule has 5 heterocycles. The van der Waals surface area contributed by atoms with Crippen LogP contribution in [0.1, 0.15) is 11.4 Å². The summed E-state index contributed by atoms with van der Waals surface area (Å²) >= 11 is 0. The maximum atomic E-state index is 14.5. The van der Waals surface area contributed by atoms with Gasteiger partial charge in [0.25, 0.3) is 0 Å². The molecule has 0 saturated heterocycles. The molecule has 192 valence electrons. The van der Waals surface area contributed by atoms with E-state index in [1.807, 2.05) is 30.7 Å². The van der Waals surface area contributed by atoms with Crippen molar-refractivity contribution in [1.82, 2.24) is 44.4 Å². The minimum atomic E-state index is -3.43. The first-order valence-electron chi connectivity index (χ1n) is 11.6. The monoisotopic (exact) mass is 531 g/mol. The zero-order valence-corrected chi connectivity index (χ0v) is 21.4. The van der Waals surface area contributed by atoms with Gasteiger partial charge in [-0.05, 0) is 48.4 Å². The number of nitrogens with one attached hydrogen (secondary N) is 3. The Morgan fingerprint density at radius 1 is 1.05 bits per heavy atom. The number of pyridine rings is 2. The SMILES string of the molecule is Cc1ncc(-c2ccc3[nH]nc(-c4nc5c(-c6cc(F)cc(CNS(C)(=O)=O)c6)cncc5[nH]4)c3n2)n1C. The molecule has 0 atom stereocenters. The molecular weight excluding hydrogens is 509 g/mol. The second kappa shape index (κ2) is 8.82. The van der Waals surface area contributed by atoms with Crippen LogP contribution < -0.4 is 4.72 Å². The Labute approximate surface area is 216 Å². The smallest absolute Gasteiger partial charge is 0.209 e. The number of halogens is 1. The van der Waals surface area contributed by atoms with E-state index in [0.717, 1.165) is 29.0 Å². The quantitative estimate of drug-likeness (QED) is 0.298. The molecule has 6 rings (SSSR count). The van der Waals surface area contributed by atoms with Crippen LogP contribution in [0.3, 0.4) is 0 Å². The van der Waals surface area contributed by atoms with Gasteiger partial charge < -0.3 is 9.55 Å². The number of nitrogens with zero attached hydrogens (tertiary/aromatic N) is 6. The lowest BCUT2D eigenvalue weighted by molar-refractivity contribution is 0.586. The van der Waals surface area contributed by atoms with E-state index in [-0.39, 0.29) is 6.54 Å². The number of rotatable bonds is 6. The summed E-state index contributed by atoms with van der Waals surface area (Å²) in [5, 5.41) is 7.45. The van der Waals surface area contributed by atoms with Gasteiger partial charge in [0.15, 0.2) is 11.5 Å². The van der Waals surface area contributed by atoms with E-state index in [0.29, 0.717) is 44.8 Å². The lowest BCUT2D eigenvalue weighted by Crippen LogP contribution is -2.21. The van der Waals surface area contributed by atoms with Crippen LogP contribution in [0.4, 0.5) is 4.39 Å². The summed E-state index contributed by atoms with van der Waals surface area (Å²) in [4.78, 5) is 21.5. The summed E-state index contributed by atoms with van der Waals surface area (Å²) in [6.45, 7) is 1.89. The molecule has 0 amide bonds. The average molecular weight is 532 g/mol. The van der Waals surface area contributed by atoms with E-state index >= 15 is 0 Å². The van der Waals surface area contributed by atoms with Gasteiger partial charge in [-0.2, -0.15) is 5.10 Å². The molecule has 0 bridgehead atoms. The Morgan fingerprint density at radius 3 is 2.66 bits per heavy atom. The molecule has 0 aliphatic rings. The highest BCUT2D eigenvalue weighted by molar-refractivity contribution is 7.88. The number of sulfonamides is 1. The van der Waals surface area contributed by atoms with Crippen molar-refractivity contribution < 1.29 is 12.8 Å². The van der Waals surface area contributed by atoms with Crippen LogP contribution in [0.25, 0.3) is 56.1 Å². The van der Waals surface area contributed by atoms with Gasteiger partial charge in [0.2, 0.25) is 10.0 Å². The summed E-state index contributed by atoms with van der Waals surface area (Å²) in [6.07, 6.45) is 6.06. The summed E-state index contributed by atoms with van der Waals surface area (Å²) in [6, 6.07) is 8.17. The van der Waals surface area contributed by atoms with Crippen LogP contribution in [-0.4, -0.2) is 54.4 Å². The lowest BCUT2D eigenvalue weighted by atomic mass is 10.0. The minimum Gasteiger partial charge on any atom is -0.335 e. The first-order valence-corrected chi connectivity index (χ1v) is 13.5. The van der Waals surface area contributed by atoms with Crippen LogP contribution in [0.15, 0.2) is 48.9 Å². The van der Waals surface area contributed by atoms with Crippen molar-refractivity contribution in [2.75, 3.05) is 6.26 Å². The lowest BCUT2D eigenvalue weighted by Gasteiger charge is -2.07. The minimum absolute atomic E-state index is 0.0394. The van der Waals surface area contributed by atoms with Crippen molar-refractivity contribution in [3.8, 4) is 34.0 Å². The molecule has 0 radical (unpaired) electrons. The van der Waals surface area contributed by atoms with Crippen molar-refractivity contribution in [2.24, 2.45) is 7.05 Å². The summed E-state index contributed by atoms with van der Waals surface area (Å²) in [5.41, 5.74) is 6.30. The molecule has 0 unspecified atom stereocenters. The van der Waals surface area contributed by atoms with Gasteiger partial charge in [-0.25, -0.2) is 32.5 Å². The maximum Gasteiger partial charge on any atom is 0.209 e. The van der Waals surface area contributed by atoms with Crippen molar-refractivity contribution >= 4 is 32.1 Å². The molecule has 0 saturated carbocycles. The average Bonchev–Trinajstić information content (AvgIpc) is 3.58.